The number of furan rings is 1. The molecule has 0 radical (unpaired) electrons. The van der Waals surface area contributed by atoms with Crippen molar-refractivity contribution < 1.29 is 4.42 Å². The van der Waals surface area contributed by atoms with Gasteiger partial charge in [-0.3, -0.25) is 0 Å². The average Bonchev–Trinajstić information content (AvgIpc) is 3.76. The van der Waals surface area contributed by atoms with Gasteiger partial charge in [0.2, 0.25) is 0 Å². The zero-order valence-corrected chi connectivity index (χ0v) is 27.8. The van der Waals surface area contributed by atoms with Crippen LogP contribution in [0.1, 0.15) is 0 Å². The van der Waals surface area contributed by atoms with Gasteiger partial charge in [-0.05, 0) is 73.1 Å². The number of fused-ring (bicyclic) bond motifs is 12. The van der Waals surface area contributed by atoms with Crippen LogP contribution in [0.3, 0.4) is 0 Å². The summed E-state index contributed by atoms with van der Waals surface area (Å²) < 4.78 is 9.43. The molecule has 2 heterocycles. The zero-order chi connectivity index (χ0) is 32.8. The second-order valence-electron chi connectivity index (χ2n) is 13.1. The average molecular weight is 653 g/mol. The van der Waals surface area contributed by atoms with Crippen LogP contribution in [0.25, 0.3) is 108 Å². The van der Waals surface area contributed by atoms with E-state index in [4.69, 9.17) is 4.42 Å². The third-order valence-corrected chi connectivity index (χ3v) is 11.7. The second-order valence-corrected chi connectivity index (χ2v) is 14.2. The Labute approximate surface area is 292 Å². The highest BCUT2D eigenvalue weighted by atomic mass is 32.1. The van der Waals surface area contributed by atoms with Gasteiger partial charge in [0.1, 0.15) is 11.2 Å². The summed E-state index contributed by atoms with van der Waals surface area (Å²) in [5.41, 5.74) is 9.22. The van der Waals surface area contributed by atoms with E-state index >= 15 is 0 Å². The maximum Gasteiger partial charge on any atom is 0.143 e. The van der Waals surface area contributed by atoms with Crippen LogP contribution in [-0.2, 0) is 0 Å². The Hall–Kier alpha value is -6.22. The van der Waals surface area contributed by atoms with Crippen LogP contribution >= 0.6 is 11.3 Å². The van der Waals surface area contributed by atoms with E-state index in [9.17, 15) is 0 Å². The van der Waals surface area contributed by atoms with Gasteiger partial charge in [0.25, 0.3) is 0 Å². The molecule has 9 aromatic carbocycles. The van der Waals surface area contributed by atoms with Gasteiger partial charge in [-0.1, -0.05) is 152 Å². The highest BCUT2D eigenvalue weighted by Crippen LogP contribution is 2.48. The van der Waals surface area contributed by atoms with E-state index in [0.717, 1.165) is 22.1 Å². The molecule has 0 bridgehead atoms. The van der Waals surface area contributed by atoms with E-state index in [0.29, 0.717) is 0 Å². The van der Waals surface area contributed by atoms with Crippen molar-refractivity contribution in [2.45, 2.75) is 0 Å². The van der Waals surface area contributed by atoms with Crippen molar-refractivity contribution in [2.75, 3.05) is 0 Å². The molecule has 2 aromatic heterocycles. The smallest absolute Gasteiger partial charge is 0.143 e. The summed E-state index contributed by atoms with van der Waals surface area (Å²) in [7, 11) is 0. The third-order valence-electron chi connectivity index (χ3n) is 10.5. The van der Waals surface area contributed by atoms with Crippen LogP contribution in [-0.4, -0.2) is 0 Å². The van der Waals surface area contributed by atoms with E-state index in [1.54, 1.807) is 0 Å². The molecule has 2 heteroatoms. The first-order valence-corrected chi connectivity index (χ1v) is 17.9. The number of thiophene rings is 1. The molecule has 0 N–H and O–H groups in total. The van der Waals surface area contributed by atoms with E-state index in [2.05, 4.69) is 170 Å². The number of benzene rings is 9. The molecule has 0 aliphatic heterocycles. The van der Waals surface area contributed by atoms with Gasteiger partial charge in [-0.2, -0.15) is 0 Å². The normalized spacial score (nSPS) is 12.0. The van der Waals surface area contributed by atoms with Crippen LogP contribution in [0.15, 0.2) is 174 Å². The fourth-order valence-corrected chi connectivity index (χ4v) is 9.51. The van der Waals surface area contributed by atoms with Crippen molar-refractivity contribution in [1.82, 2.24) is 0 Å². The molecule has 0 saturated heterocycles. The molecular formula is C48H28OS. The van der Waals surface area contributed by atoms with Gasteiger partial charge in [-0.15, -0.1) is 11.3 Å². The summed E-state index contributed by atoms with van der Waals surface area (Å²) in [4.78, 5) is 0. The first-order chi connectivity index (χ1) is 24.8. The minimum atomic E-state index is 0.919. The molecule has 0 unspecified atom stereocenters. The zero-order valence-electron chi connectivity index (χ0n) is 27.0. The molecule has 0 fully saturated rings. The second kappa shape index (κ2) is 10.6. The molecule has 0 aliphatic carbocycles. The first-order valence-electron chi connectivity index (χ1n) is 17.1. The molecule has 11 rings (SSSR count). The van der Waals surface area contributed by atoms with E-state index in [-0.39, 0.29) is 0 Å². The fourth-order valence-electron chi connectivity index (χ4n) is 8.26. The van der Waals surface area contributed by atoms with Crippen molar-refractivity contribution in [1.29, 1.82) is 0 Å². The van der Waals surface area contributed by atoms with Gasteiger partial charge in [-0.25, -0.2) is 0 Å². The Balaban J connectivity index is 1.09. The highest BCUT2D eigenvalue weighted by molar-refractivity contribution is 7.27. The lowest BCUT2D eigenvalue weighted by molar-refractivity contribution is 0.673. The van der Waals surface area contributed by atoms with Crippen molar-refractivity contribution in [2.24, 2.45) is 0 Å². The van der Waals surface area contributed by atoms with Crippen molar-refractivity contribution in [3.63, 3.8) is 0 Å². The third kappa shape index (κ3) is 3.94. The summed E-state index contributed by atoms with van der Waals surface area (Å²) in [5, 5.41) is 12.5. The quantitative estimate of drug-likeness (QED) is 0.173. The molecule has 50 heavy (non-hydrogen) atoms. The largest absolute Gasteiger partial charge is 0.455 e. The van der Waals surface area contributed by atoms with Gasteiger partial charge in [0.05, 0.1) is 0 Å². The van der Waals surface area contributed by atoms with E-state index in [1.165, 1.54) is 85.7 Å². The topological polar surface area (TPSA) is 13.1 Å². The van der Waals surface area contributed by atoms with E-state index in [1.807, 2.05) is 11.3 Å². The summed E-state index contributed by atoms with van der Waals surface area (Å²) in [6, 6.07) is 61.7. The summed E-state index contributed by atoms with van der Waals surface area (Å²) >= 11 is 1.88. The Morgan fingerprint density at radius 3 is 1.50 bits per heavy atom. The van der Waals surface area contributed by atoms with Crippen LogP contribution in [0.2, 0.25) is 0 Å². The maximum absolute atomic E-state index is 6.80. The number of hydrogen-bond donors (Lipinski definition) is 0. The molecular weight excluding hydrogens is 625 g/mol. The van der Waals surface area contributed by atoms with Crippen molar-refractivity contribution in [3.8, 4) is 33.4 Å². The van der Waals surface area contributed by atoms with Crippen molar-refractivity contribution >= 4 is 85.8 Å². The lowest BCUT2D eigenvalue weighted by Crippen LogP contribution is -1.90. The standard InChI is InChI=1S/C48H28OS/c1-2-12-30(13-3-1)43-33-14-4-6-16-35(33)44(36-17-7-5-15-34(36)43)31-24-22-29(23-25-31)32-26-27-39-41(28-32)49-47-37-18-8-9-19-38(37)48-46(45(39)47)40-20-10-11-21-42(40)50-48/h1-28H. The molecule has 0 atom stereocenters. The Bertz CT molecular complexity index is 3070. The van der Waals surface area contributed by atoms with Gasteiger partial charge < -0.3 is 4.42 Å². The lowest BCUT2D eigenvalue weighted by Gasteiger charge is -2.18. The van der Waals surface area contributed by atoms with Crippen LogP contribution in [0.4, 0.5) is 0 Å². The predicted octanol–water partition coefficient (Wildman–Crippen LogP) is 14.4. The Morgan fingerprint density at radius 1 is 0.340 bits per heavy atom. The van der Waals surface area contributed by atoms with Crippen LogP contribution < -0.4 is 0 Å². The number of rotatable bonds is 3. The summed E-state index contributed by atoms with van der Waals surface area (Å²) in [6.07, 6.45) is 0. The molecule has 11 aromatic rings. The van der Waals surface area contributed by atoms with E-state index < -0.39 is 0 Å². The van der Waals surface area contributed by atoms with Crippen molar-refractivity contribution in [3.05, 3.63) is 170 Å². The van der Waals surface area contributed by atoms with Gasteiger partial charge >= 0.3 is 0 Å². The molecule has 0 aliphatic rings. The minimum absolute atomic E-state index is 0.919. The summed E-state index contributed by atoms with van der Waals surface area (Å²) in [5.74, 6) is 0. The minimum Gasteiger partial charge on any atom is -0.455 e. The Morgan fingerprint density at radius 2 is 0.840 bits per heavy atom. The maximum atomic E-state index is 6.80. The fraction of sp³-hybridized carbons (Fsp3) is 0. The monoisotopic (exact) mass is 652 g/mol. The molecule has 232 valence electrons. The van der Waals surface area contributed by atoms with Gasteiger partial charge in [0, 0.05) is 41.7 Å². The van der Waals surface area contributed by atoms with Gasteiger partial charge in [0.15, 0.2) is 0 Å². The molecule has 1 nitrogen and oxygen atoms in total. The molecule has 0 amide bonds. The van der Waals surface area contributed by atoms with Crippen LogP contribution in [0, 0.1) is 0 Å². The molecule has 0 saturated carbocycles. The lowest BCUT2D eigenvalue weighted by atomic mass is 9.86. The highest BCUT2D eigenvalue weighted by Gasteiger charge is 2.20. The first kappa shape index (κ1) is 27.7. The molecule has 0 spiro atoms. The summed E-state index contributed by atoms with van der Waals surface area (Å²) in [6.45, 7) is 0. The predicted molar refractivity (Wildman–Crippen MR) is 215 cm³/mol. The Kier molecular flexibility index (Phi) is 5.89. The SMILES string of the molecule is c1ccc(-c2c3ccccc3c(-c3ccc(-c4ccc5c(c4)oc4c6ccccc6c6sc7ccccc7c6c54)cc3)c3ccccc23)cc1. The van der Waals surface area contributed by atoms with Crippen LogP contribution in [0.5, 0.6) is 0 Å². The number of hydrogen-bond acceptors (Lipinski definition) is 2.